The van der Waals surface area contributed by atoms with Gasteiger partial charge in [-0.3, -0.25) is 9.10 Å². The molecule has 0 unspecified atom stereocenters. The fraction of sp³-hybridized carbons (Fsp3) is 0.562. The first-order valence-electron chi connectivity index (χ1n) is 7.42. The van der Waals surface area contributed by atoms with Crippen molar-refractivity contribution < 1.29 is 13.2 Å². The summed E-state index contributed by atoms with van der Waals surface area (Å²) in [4.78, 5) is 12.0. The molecule has 0 aromatic heterocycles. The van der Waals surface area contributed by atoms with E-state index in [1.807, 2.05) is 19.9 Å². The van der Waals surface area contributed by atoms with E-state index in [0.29, 0.717) is 18.2 Å². The highest BCUT2D eigenvalue weighted by atomic mass is 32.2. The van der Waals surface area contributed by atoms with Gasteiger partial charge in [0.25, 0.3) is 0 Å². The van der Waals surface area contributed by atoms with E-state index in [4.69, 9.17) is 0 Å². The summed E-state index contributed by atoms with van der Waals surface area (Å²) < 4.78 is 25.2. The van der Waals surface area contributed by atoms with Crippen LogP contribution in [0.25, 0.3) is 0 Å². The summed E-state index contributed by atoms with van der Waals surface area (Å²) >= 11 is 0. The summed E-state index contributed by atoms with van der Waals surface area (Å²) in [7, 11) is -3.52. The number of hydrogen-bond acceptors (Lipinski definition) is 3. The van der Waals surface area contributed by atoms with E-state index in [0.717, 1.165) is 28.1 Å². The number of sulfonamides is 1. The van der Waals surface area contributed by atoms with Crippen molar-refractivity contribution in [2.75, 3.05) is 23.7 Å². The summed E-state index contributed by atoms with van der Waals surface area (Å²) in [5.74, 6) is 0.205. The zero-order valence-electron chi connectivity index (χ0n) is 14.0. The maximum atomic E-state index is 12.0. The molecule has 6 heteroatoms. The normalized spacial score (nSPS) is 11.5. The molecule has 22 heavy (non-hydrogen) atoms. The van der Waals surface area contributed by atoms with Crippen LogP contribution in [0.15, 0.2) is 18.2 Å². The summed E-state index contributed by atoms with van der Waals surface area (Å²) in [6, 6.07) is 5.51. The molecular formula is C16H26N2O3S. The summed E-state index contributed by atoms with van der Waals surface area (Å²) in [5.41, 5.74) is 2.45. The molecule has 0 aliphatic carbocycles. The van der Waals surface area contributed by atoms with Crippen molar-refractivity contribution in [3.8, 4) is 0 Å². The lowest BCUT2D eigenvalue weighted by atomic mass is 10.1. The smallest absolute Gasteiger partial charge is 0.240 e. The highest BCUT2D eigenvalue weighted by Gasteiger charge is 2.21. The van der Waals surface area contributed by atoms with Gasteiger partial charge in [0.2, 0.25) is 15.9 Å². The van der Waals surface area contributed by atoms with Gasteiger partial charge in [0.15, 0.2) is 0 Å². The molecule has 0 saturated carbocycles. The maximum absolute atomic E-state index is 12.0. The molecule has 0 atom stereocenters. The van der Waals surface area contributed by atoms with Crippen molar-refractivity contribution in [2.45, 2.75) is 34.1 Å². The van der Waals surface area contributed by atoms with Crippen LogP contribution in [0.5, 0.6) is 0 Å². The summed E-state index contributed by atoms with van der Waals surface area (Å²) in [5, 5.41) is 2.77. The van der Waals surface area contributed by atoms with Gasteiger partial charge in [-0.1, -0.05) is 19.9 Å². The van der Waals surface area contributed by atoms with Crippen molar-refractivity contribution in [2.24, 2.45) is 5.92 Å². The van der Waals surface area contributed by atoms with Crippen LogP contribution in [0.1, 0.15) is 31.4 Å². The Morgan fingerprint density at radius 1 is 1.18 bits per heavy atom. The molecule has 0 heterocycles. The highest BCUT2D eigenvalue weighted by Crippen LogP contribution is 2.21. The molecule has 1 N–H and O–H groups in total. The number of amides is 1. The second-order valence-corrected chi connectivity index (χ2v) is 8.05. The minimum absolute atomic E-state index is 0.195. The Kier molecular flexibility index (Phi) is 6.41. The first kappa shape index (κ1) is 18.5. The first-order chi connectivity index (χ1) is 10.1. The van der Waals surface area contributed by atoms with Gasteiger partial charge < -0.3 is 5.32 Å². The first-order valence-corrected chi connectivity index (χ1v) is 9.27. The molecule has 124 valence electrons. The topological polar surface area (TPSA) is 66.5 Å². The number of nitrogens with zero attached hydrogens (tertiary/aromatic N) is 1. The van der Waals surface area contributed by atoms with Crippen molar-refractivity contribution in [3.05, 3.63) is 29.3 Å². The van der Waals surface area contributed by atoms with Crippen molar-refractivity contribution >= 4 is 21.6 Å². The number of benzene rings is 1. The monoisotopic (exact) mass is 326 g/mol. The molecule has 0 aliphatic heterocycles. The Balaban J connectivity index is 2.89. The van der Waals surface area contributed by atoms with Gasteiger partial charge in [0.05, 0.1) is 11.9 Å². The second kappa shape index (κ2) is 7.63. The number of carbonyl (C=O) groups excluding carboxylic acids is 1. The number of carbonyl (C=O) groups is 1. The van der Waals surface area contributed by atoms with Gasteiger partial charge in [0, 0.05) is 6.54 Å². The molecule has 0 spiro atoms. The largest absolute Gasteiger partial charge is 0.355 e. The average molecular weight is 326 g/mol. The van der Waals surface area contributed by atoms with E-state index >= 15 is 0 Å². The second-order valence-electron chi connectivity index (χ2n) is 6.15. The highest BCUT2D eigenvalue weighted by molar-refractivity contribution is 7.92. The van der Waals surface area contributed by atoms with Crippen LogP contribution in [0.2, 0.25) is 0 Å². The molecule has 0 radical (unpaired) electrons. The minimum Gasteiger partial charge on any atom is -0.355 e. The zero-order valence-corrected chi connectivity index (χ0v) is 14.8. The fourth-order valence-electron chi connectivity index (χ4n) is 2.18. The SMILES string of the molecule is Cc1cc(C)cc(N(CC(=O)NCCC(C)C)S(C)(=O)=O)c1. The van der Waals surface area contributed by atoms with E-state index in [1.54, 1.807) is 12.1 Å². The van der Waals surface area contributed by atoms with Gasteiger partial charge >= 0.3 is 0 Å². The van der Waals surface area contributed by atoms with Crippen LogP contribution in [0.4, 0.5) is 5.69 Å². The van der Waals surface area contributed by atoms with Gasteiger partial charge in [-0.25, -0.2) is 8.42 Å². The molecule has 1 rings (SSSR count). The number of nitrogens with one attached hydrogen (secondary N) is 1. The number of anilines is 1. The Morgan fingerprint density at radius 3 is 2.18 bits per heavy atom. The van der Waals surface area contributed by atoms with Gasteiger partial charge in [-0.2, -0.15) is 0 Å². The average Bonchev–Trinajstić information content (AvgIpc) is 2.32. The predicted octanol–water partition coefficient (Wildman–Crippen LogP) is 2.23. The maximum Gasteiger partial charge on any atom is 0.240 e. The third-order valence-corrected chi connectivity index (χ3v) is 4.37. The molecule has 5 nitrogen and oxygen atoms in total. The van der Waals surface area contributed by atoms with Crippen LogP contribution in [0, 0.1) is 19.8 Å². The molecule has 0 saturated heterocycles. The lowest BCUT2D eigenvalue weighted by Gasteiger charge is -2.23. The lowest BCUT2D eigenvalue weighted by Crippen LogP contribution is -2.40. The van der Waals surface area contributed by atoms with Crippen LogP contribution in [0.3, 0.4) is 0 Å². The quantitative estimate of drug-likeness (QED) is 0.835. The van der Waals surface area contributed by atoms with E-state index < -0.39 is 10.0 Å². The summed E-state index contributed by atoms with van der Waals surface area (Å²) in [6.45, 7) is 8.31. The van der Waals surface area contributed by atoms with Gasteiger partial charge in [-0.15, -0.1) is 0 Å². The fourth-order valence-corrected chi connectivity index (χ4v) is 3.02. The molecular weight excluding hydrogens is 300 g/mol. The van der Waals surface area contributed by atoms with Gasteiger partial charge in [-0.05, 0) is 49.4 Å². The molecule has 1 amide bonds. The van der Waals surface area contributed by atoms with Crippen molar-refractivity contribution in [3.63, 3.8) is 0 Å². The molecule has 0 fully saturated rings. The standard InChI is InChI=1S/C16H26N2O3S/c1-12(2)6-7-17-16(19)11-18(22(5,20)21)15-9-13(3)8-14(4)10-15/h8-10,12H,6-7,11H2,1-5H3,(H,17,19). The lowest BCUT2D eigenvalue weighted by molar-refractivity contribution is -0.119. The van der Waals surface area contributed by atoms with Crippen LogP contribution in [-0.2, 0) is 14.8 Å². The summed E-state index contributed by atoms with van der Waals surface area (Å²) in [6.07, 6.45) is 1.99. The van der Waals surface area contributed by atoms with Gasteiger partial charge in [0.1, 0.15) is 6.54 Å². The van der Waals surface area contributed by atoms with Crippen molar-refractivity contribution in [1.29, 1.82) is 0 Å². The number of hydrogen-bond donors (Lipinski definition) is 1. The van der Waals surface area contributed by atoms with E-state index in [9.17, 15) is 13.2 Å². The van der Waals surface area contributed by atoms with E-state index in [2.05, 4.69) is 19.2 Å². The third kappa shape index (κ3) is 6.05. The Hall–Kier alpha value is -1.56. The molecule has 0 aliphatic rings. The van der Waals surface area contributed by atoms with E-state index in [1.165, 1.54) is 0 Å². The number of aryl methyl sites for hydroxylation is 2. The van der Waals surface area contributed by atoms with E-state index in [-0.39, 0.29) is 12.5 Å². The Bertz CT molecular complexity index is 604. The number of rotatable bonds is 7. The van der Waals surface area contributed by atoms with Crippen LogP contribution in [-0.4, -0.2) is 33.7 Å². The Labute approximate surface area is 133 Å². The van der Waals surface area contributed by atoms with Crippen LogP contribution < -0.4 is 9.62 Å². The zero-order chi connectivity index (χ0) is 16.9. The molecule has 1 aromatic rings. The third-order valence-electron chi connectivity index (χ3n) is 3.23. The van der Waals surface area contributed by atoms with Crippen LogP contribution >= 0.6 is 0 Å². The molecule has 0 bridgehead atoms. The minimum atomic E-state index is -3.52. The van der Waals surface area contributed by atoms with Crippen molar-refractivity contribution in [1.82, 2.24) is 5.32 Å². The Morgan fingerprint density at radius 2 is 1.73 bits per heavy atom. The predicted molar refractivity (Wildman–Crippen MR) is 90.6 cm³/mol. The molecule has 1 aromatic carbocycles.